The number of hydrogen-bond acceptors (Lipinski definition) is 4. The molecule has 3 heterocycles. The number of aromatic nitrogens is 2. The van der Waals surface area contributed by atoms with E-state index in [-0.39, 0.29) is 21.1 Å². The van der Waals surface area contributed by atoms with Gasteiger partial charge in [-0.15, -0.1) is 59.7 Å². The maximum Gasteiger partial charge on any atom is 2.00 e. The van der Waals surface area contributed by atoms with E-state index in [1.54, 1.807) is 0 Å². The number of benzene rings is 6. The Morgan fingerprint density at radius 1 is 0.490 bits per heavy atom. The number of fused-ring (bicyclic) bond motifs is 4. The zero-order chi connectivity index (χ0) is 31.9. The molecule has 3 aromatic heterocycles. The van der Waals surface area contributed by atoms with Crippen LogP contribution in [-0.4, -0.2) is 9.97 Å². The van der Waals surface area contributed by atoms with Crippen LogP contribution in [0.4, 0.5) is 17.1 Å². The molecule has 0 amide bonds. The van der Waals surface area contributed by atoms with Gasteiger partial charge in [0.15, 0.2) is 5.58 Å². The van der Waals surface area contributed by atoms with Crippen LogP contribution in [0.3, 0.4) is 0 Å². The first-order valence-corrected chi connectivity index (χ1v) is 15.9. The first-order chi connectivity index (χ1) is 23.8. The van der Waals surface area contributed by atoms with Crippen LogP contribution in [0, 0.1) is 12.1 Å². The summed E-state index contributed by atoms with van der Waals surface area (Å²) in [6.07, 6.45) is 3.74. The van der Waals surface area contributed by atoms with Crippen molar-refractivity contribution in [3.63, 3.8) is 0 Å². The largest absolute Gasteiger partial charge is 2.00 e. The van der Waals surface area contributed by atoms with Crippen LogP contribution < -0.4 is 4.90 Å². The molecule has 9 aromatic rings. The van der Waals surface area contributed by atoms with Crippen molar-refractivity contribution < 1.29 is 25.5 Å². The molecular formula is C44H27N3OPt. The van der Waals surface area contributed by atoms with Gasteiger partial charge in [-0.1, -0.05) is 103 Å². The summed E-state index contributed by atoms with van der Waals surface area (Å²) in [6.45, 7) is 0. The molecule has 0 aliphatic carbocycles. The fourth-order valence-electron chi connectivity index (χ4n) is 6.40. The van der Waals surface area contributed by atoms with Crippen molar-refractivity contribution in [1.29, 1.82) is 0 Å². The Morgan fingerprint density at radius 2 is 1.12 bits per heavy atom. The molecule has 0 radical (unpaired) electrons. The van der Waals surface area contributed by atoms with Gasteiger partial charge in [-0.25, -0.2) is 0 Å². The van der Waals surface area contributed by atoms with E-state index in [1.807, 2.05) is 42.7 Å². The van der Waals surface area contributed by atoms with Crippen molar-refractivity contribution in [2.45, 2.75) is 0 Å². The molecule has 0 aliphatic rings. The van der Waals surface area contributed by atoms with Crippen molar-refractivity contribution in [2.75, 3.05) is 4.90 Å². The minimum Gasteiger partial charge on any atom is -0.455 e. The van der Waals surface area contributed by atoms with Gasteiger partial charge in [0.05, 0.1) is 11.9 Å². The molecule has 0 saturated heterocycles. The van der Waals surface area contributed by atoms with Gasteiger partial charge in [0.2, 0.25) is 0 Å². The number of anilines is 3. The van der Waals surface area contributed by atoms with E-state index in [0.29, 0.717) is 0 Å². The molecule has 0 unspecified atom stereocenters. The number of para-hydroxylation sites is 2. The molecule has 5 heteroatoms. The quantitative estimate of drug-likeness (QED) is 0.157. The molecule has 4 nitrogen and oxygen atoms in total. The maximum atomic E-state index is 6.06. The molecule has 0 spiro atoms. The van der Waals surface area contributed by atoms with E-state index < -0.39 is 0 Å². The summed E-state index contributed by atoms with van der Waals surface area (Å²) < 4.78 is 6.06. The van der Waals surface area contributed by atoms with Gasteiger partial charge in [0.25, 0.3) is 0 Å². The van der Waals surface area contributed by atoms with Gasteiger partial charge in [-0.05, 0) is 51.2 Å². The van der Waals surface area contributed by atoms with Crippen LogP contribution in [0.5, 0.6) is 0 Å². The van der Waals surface area contributed by atoms with Crippen molar-refractivity contribution in [3.05, 3.63) is 176 Å². The molecule has 49 heavy (non-hydrogen) atoms. The van der Waals surface area contributed by atoms with Crippen LogP contribution in [0.2, 0.25) is 0 Å². The van der Waals surface area contributed by atoms with Gasteiger partial charge in [0.1, 0.15) is 5.58 Å². The van der Waals surface area contributed by atoms with E-state index in [4.69, 9.17) is 14.4 Å². The van der Waals surface area contributed by atoms with Crippen LogP contribution in [0.15, 0.2) is 168 Å². The fraction of sp³-hybridized carbons (Fsp3) is 0. The molecule has 0 N–H and O–H groups in total. The van der Waals surface area contributed by atoms with Gasteiger partial charge in [-0.3, -0.25) is 0 Å². The Morgan fingerprint density at radius 3 is 1.92 bits per heavy atom. The summed E-state index contributed by atoms with van der Waals surface area (Å²) in [5.41, 5.74) is 10.1. The Labute approximate surface area is 298 Å². The minimum atomic E-state index is 0. The number of hydrogen-bond donors (Lipinski definition) is 0. The SMILES string of the molecule is [Pt+2].[c-]1c(-c2cc3ccccc3cn2)cccc1N(c1[c-]c(-c2cc3c(cn2)oc2ccccc23)ccc1)c1ccccc1-c1ccccc1. The second-order valence-corrected chi connectivity index (χ2v) is 11.7. The van der Waals surface area contributed by atoms with E-state index in [9.17, 15) is 0 Å². The number of furan rings is 1. The van der Waals surface area contributed by atoms with Crippen molar-refractivity contribution >= 4 is 49.8 Å². The molecule has 0 fully saturated rings. The van der Waals surface area contributed by atoms with E-state index in [2.05, 4.69) is 138 Å². The molecule has 234 valence electrons. The summed E-state index contributed by atoms with van der Waals surface area (Å²) in [6, 6.07) is 59.4. The average Bonchev–Trinajstić information content (AvgIpc) is 3.54. The van der Waals surface area contributed by atoms with Crippen LogP contribution in [0.25, 0.3) is 66.4 Å². The summed E-state index contributed by atoms with van der Waals surface area (Å²) >= 11 is 0. The molecular weight excluding hydrogens is 782 g/mol. The summed E-state index contributed by atoms with van der Waals surface area (Å²) in [5.74, 6) is 0. The first-order valence-electron chi connectivity index (χ1n) is 15.9. The Bertz CT molecular complexity index is 2600. The van der Waals surface area contributed by atoms with E-state index in [0.717, 1.165) is 83.4 Å². The Kier molecular flexibility index (Phi) is 8.09. The molecule has 6 aromatic carbocycles. The Hall–Kier alpha value is -5.83. The first kappa shape index (κ1) is 30.5. The van der Waals surface area contributed by atoms with E-state index in [1.165, 1.54) is 0 Å². The molecule has 0 bridgehead atoms. The van der Waals surface area contributed by atoms with Crippen LogP contribution in [0.1, 0.15) is 0 Å². The van der Waals surface area contributed by atoms with Crippen LogP contribution in [-0.2, 0) is 21.1 Å². The topological polar surface area (TPSA) is 42.2 Å². The maximum absolute atomic E-state index is 6.06. The van der Waals surface area contributed by atoms with Gasteiger partial charge in [-0.2, -0.15) is 0 Å². The molecule has 0 aliphatic heterocycles. The van der Waals surface area contributed by atoms with Crippen molar-refractivity contribution in [1.82, 2.24) is 9.97 Å². The number of pyridine rings is 2. The smallest absolute Gasteiger partial charge is 0.455 e. The third-order valence-corrected chi connectivity index (χ3v) is 8.72. The van der Waals surface area contributed by atoms with Gasteiger partial charge in [0, 0.05) is 22.5 Å². The monoisotopic (exact) mass is 808 g/mol. The van der Waals surface area contributed by atoms with Crippen molar-refractivity contribution in [3.8, 4) is 33.6 Å². The standard InChI is InChI=1S/C44H27N3O.Pt/c1-2-12-30(13-3-1)37-20-6-8-22-42(37)47(35-18-10-16-32(24-35)40-26-31-14-4-5-15-34(31)28-45-40)36-19-11-17-33(25-36)41-27-39-38-21-7-9-23-43(38)48-44(39)29-46-41;/h1-23,26-29H;/q-2;+2. The summed E-state index contributed by atoms with van der Waals surface area (Å²) in [7, 11) is 0. The molecule has 9 rings (SSSR count). The third-order valence-electron chi connectivity index (χ3n) is 8.72. The molecule has 0 atom stereocenters. The fourth-order valence-corrected chi connectivity index (χ4v) is 6.40. The van der Waals surface area contributed by atoms with Gasteiger partial charge < -0.3 is 19.3 Å². The third kappa shape index (κ3) is 5.71. The van der Waals surface area contributed by atoms with Crippen LogP contribution >= 0.6 is 0 Å². The molecule has 0 saturated carbocycles. The second kappa shape index (κ2) is 13.0. The zero-order valence-electron chi connectivity index (χ0n) is 26.2. The predicted molar refractivity (Wildman–Crippen MR) is 195 cm³/mol. The second-order valence-electron chi connectivity index (χ2n) is 11.7. The van der Waals surface area contributed by atoms with Gasteiger partial charge >= 0.3 is 21.1 Å². The number of rotatable bonds is 6. The zero-order valence-corrected chi connectivity index (χ0v) is 28.4. The average molecular weight is 809 g/mol. The summed E-state index contributed by atoms with van der Waals surface area (Å²) in [4.78, 5) is 11.8. The predicted octanol–water partition coefficient (Wildman–Crippen LogP) is 11.6. The normalized spacial score (nSPS) is 11.1. The van der Waals surface area contributed by atoms with E-state index >= 15 is 0 Å². The summed E-state index contributed by atoms with van der Waals surface area (Å²) in [5, 5.41) is 4.35. The number of nitrogens with zero attached hydrogens (tertiary/aromatic N) is 3. The van der Waals surface area contributed by atoms with Crippen molar-refractivity contribution in [2.24, 2.45) is 0 Å². The minimum absolute atomic E-state index is 0. The Balaban J connectivity index is 0.00000348.